The Morgan fingerprint density at radius 2 is 1.90 bits per heavy atom. The summed E-state index contributed by atoms with van der Waals surface area (Å²) in [5.74, 6) is 1.53. The number of hydrogen-bond donors (Lipinski definition) is 2. The summed E-state index contributed by atoms with van der Waals surface area (Å²) in [4.78, 5) is 38.1. The summed E-state index contributed by atoms with van der Waals surface area (Å²) in [7, 11) is 0. The number of benzene rings is 1. The predicted molar refractivity (Wildman–Crippen MR) is 115 cm³/mol. The van der Waals surface area contributed by atoms with Gasteiger partial charge in [-0.2, -0.15) is 11.8 Å². The first-order chi connectivity index (χ1) is 14.1. The molecule has 0 saturated carbocycles. The van der Waals surface area contributed by atoms with E-state index in [4.69, 9.17) is 4.74 Å². The number of amides is 3. The summed E-state index contributed by atoms with van der Waals surface area (Å²) in [5.41, 5.74) is 0.886. The van der Waals surface area contributed by atoms with Crippen molar-refractivity contribution in [1.29, 1.82) is 0 Å². The van der Waals surface area contributed by atoms with Gasteiger partial charge in [0.2, 0.25) is 11.8 Å². The van der Waals surface area contributed by atoms with Gasteiger partial charge in [0.25, 0.3) is 0 Å². The van der Waals surface area contributed by atoms with Crippen molar-refractivity contribution in [3.63, 3.8) is 0 Å². The van der Waals surface area contributed by atoms with Gasteiger partial charge in [-0.3, -0.25) is 9.59 Å². The van der Waals surface area contributed by atoms with Crippen LogP contribution in [0.2, 0.25) is 0 Å². The lowest BCUT2D eigenvalue weighted by molar-refractivity contribution is -0.133. The molecule has 1 fully saturated rings. The highest BCUT2D eigenvalue weighted by Crippen LogP contribution is 2.13. The molecule has 8 heteroatoms. The van der Waals surface area contributed by atoms with E-state index in [0.29, 0.717) is 38.9 Å². The molecule has 29 heavy (non-hydrogen) atoms. The molecule has 0 aliphatic carbocycles. The maximum absolute atomic E-state index is 12.9. The van der Waals surface area contributed by atoms with Crippen LogP contribution in [0.3, 0.4) is 0 Å². The van der Waals surface area contributed by atoms with E-state index in [-0.39, 0.29) is 18.4 Å². The number of rotatable bonds is 10. The third kappa shape index (κ3) is 8.60. The Balaban J connectivity index is 1.84. The van der Waals surface area contributed by atoms with E-state index < -0.39 is 12.1 Å². The summed E-state index contributed by atoms with van der Waals surface area (Å²) in [6, 6.07) is 8.77. The van der Waals surface area contributed by atoms with Gasteiger partial charge in [-0.1, -0.05) is 36.9 Å². The summed E-state index contributed by atoms with van der Waals surface area (Å²) in [5, 5.41) is 5.44. The molecular weight excluding hydrogens is 390 g/mol. The van der Waals surface area contributed by atoms with Crippen LogP contribution >= 0.6 is 11.8 Å². The zero-order valence-corrected chi connectivity index (χ0v) is 17.4. The zero-order chi connectivity index (χ0) is 20.9. The van der Waals surface area contributed by atoms with Crippen LogP contribution in [-0.4, -0.2) is 60.0 Å². The molecule has 1 aromatic carbocycles. The summed E-state index contributed by atoms with van der Waals surface area (Å²) in [6.45, 7) is 5.45. The Morgan fingerprint density at radius 1 is 1.17 bits per heavy atom. The number of hydrogen-bond acceptors (Lipinski definition) is 5. The quantitative estimate of drug-likeness (QED) is 0.449. The van der Waals surface area contributed by atoms with Crippen LogP contribution in [0.5, 0.6) is 0 Å². The Bertz CT molecular complexity index is 678. The van der Waals surface area contributed by atoms with Gasteiger partial charge < -0.3 is 20.3 Å². The summed E-state index contributed by atoms with van der Waals surface area (Å²) in [6.07, 6.45) is 2.52. The Labute approximate surface area is 176 Å². The third-order valence-corrected chi connectivity index (χ3v) is 5.47. The first-order valence-corrected chi connectivity index (χ1v) is 11.0. The van der Waals surface area contributed by atoms with Crippen molar-refractivity contribution in [2.45, 2.75) is 31.9 Å². The molecule has 2 rings (SSSR count). The minimum absolute atomic E-state index is 0.0721. The molecule has 3 amide bonds. The first-order valence-electron chi connectivity index (χ1n) is 9.84. The van der Waals surface area contributed by atoms with Crippen LogP contribution in [0.4, 0.5) is 4.79 Å². The largest absolute Gasteiger partial charge is 0.445 e. The Morgan fingerprint density at radius 3 is 2.59 bits per heavy atom. The van der Waals surface area contributed by atoms with E-state index in [2.05, 4.69) is 17.2 Å². The van der Waals surface area contributed by atoms with Crippen molar-refractivity contribution in [2.75, 3.05) is 31.1 Å². The van der Waals surface area contributed by atoms with Crippen molar-refractivity contribution in [3.8, 4) is 0 Å². The first kappa shape index (κ1) is 22.8. The highest BCUT2D eigenvalue weighted by atomic mass is 32.2. The zero-order valence-electron chi connectivity index (χ0n) is 16.6. The monoisotopic (exact) mass is 419 g/mol. The molecule has 1 aliphatic rings. The molecule has 0 radical (unpaired) electrons. The predicted octanol–water partition coefficient (Wildman–Crippen LogP) is 2.33. The van der Waals surface area contributed by atoms with E-state index in [1.165, 1.54) is 6.08 Å². The molecule has 1 aliphatic heterocycles. The highest BCUT2D eigenvalue weighted by molar-refractivity contribution is 7.99. The second-order valence-corrected chi connectivity index (χ2v) is 7.91. The van der Waals surface area contributed by atoms with E-state index >= 15 is 0 Å². The topological polar surface area (TPSA) is 87.7 Å². The number of nitrogens with zero attached hydrogens (tertiary/aromatic N) is 1. The fourth-order valence-corrected chi connectivity index (χ4v) is 3.83. The molecule has 1 heterocycles. The molecule has 0 aromatic heterocycles. The maximum atomic E-state index is 12.9. The second kappa shape index (κ2) is 12.9. The number of alkyl carbamates (subject to hydrolysis) is 1. The lowest BCUT2D eigenvalue weighted by Crippen LogP contribution is -2.50. The van der Waals surface area contributed by atoms with Crippen LogP contribution in [-0.2, 0) is 20.9 Å². The second-order valence-electron chi connectivity index (χ2n) is 6.69. The van der Waals surface area contributed by atoms with Crippen molar-refractivity contribution in [3.05, 3.63) is 48.6 Å². The van der Waals surface area contributed by atoms with Gasteiger partial charge in [-0.05, 0) is 30.9 Å². The van der Waals surface area contributed by atoms with Crippen LogP contribution in [0.25, 0.3) is 0 Å². The van der Waals surface area contributed by atoms with Gasteiger partial charge >= 0.3 is 6.09 Å². The van der Waals surface area contributed by atoms with Gasteiger partial charge in [0.05, 0.1) is 0 Å². The lowest BCUT2D eigenvalue weighted by atomic mass is 10.1. The minimum atomic E-state index is -0.628. The standard InChI is InChI=1S/C21H29N3O4S/c1-2-19(25)22-11-7-6-10-18(20(26)24-12-14-29-15-13-24)23-21(27)28-16-17-8-4-3-5-9-17/h2-5,8-9,18H,1,6-7,10-16H2,(H,22,25)(H,23,27)/t18-/m0/s1. The van der Waals surface area contributed by atoms with E-state index in [0.717, 1.165) is 17.1 Å². The SMILES string of the molecule is C=CC(=O)NCCCC[C@H](NC(=O)OCc1ccccc1)C(=O)N1CCSCC1. The van der Waals surface area contributed by atoms with Gasteiger partial charge in [0.15, 0.2) is 0 Å². The molecule has 158 valence electrons. The minimum Gasteiger partial charge on any atom is -0.445 e. The number of carbonyl (C=O) groups is 3. The Kier molecular flexibility index (Phi) is 10.1. The van der Waals surface area contributed by atoms with E-state index in [1.807, 2.05) is 42.1 Å². The molecule has 0 bridgehead atoms. The fourth-order valence-electron chi connectivity index (χ4n) is 2.93. The fraction of sp³-hybridized carbons (Fsp3) is 0.476. The number of carbonyl (C=O) groups excluding carboxylic acids is 3. The van der Waals surface area contributed by atoms with Crippen molar-refractivity contribution in [2.24, 2.45) is 0 Å². The van der Waals surface area contributed by atoms with E-state index in [9.17, 15) is 14.4 Å². The molecule has 1 atom stereocenters. The van der Waals surface area contributed by atoms with Gasteiger partial charge in [-0.25, -0.2) is 4.79 Å². The molecule has 7 nitrogen and oxygen atoms in total. The molecule has 2 N–H and O–H groups in total. The highest BCUT2D eigenvalue weighted by Gasteiger charge is 2.27. The molecular formula is C21H29N3O4S. The molecule has 0 spiro atoms. The van der Waals surface area contributed by atoms with Crippen molar-refractivity contribution >= 4 is 29.7 Å². The molecule has 1 aromatic rings. The van der Waals surface area contributed by atoms with Crippen LogP contribution in [0, 0.1) is 0 Å². The maximum Gasteiger partial charge on any atom is 0.408 e. The van der Waals surface area contributed by atoms with Gasteiger partial charge in [0, 0.05) is 31.1 Å². The van der Waals surface area contributed by atoms with Crippen molar-refractivity contribution in [1.82, 2.24) is 15.5 Å². The van der Waals surface area contributed by atoms with Crippen molar-refractivity contribution < 1.29 is 19.1 Å². The smallest absolute Gasteiger partial charge is 0.408 e. The van der Waals surface area contributed by atoms with Gasteiger partial charge in [0.1, 0.15) is 12.6 Å². The van der Waals surface area contributed by atoms with Gasteiger partial charge in [-0.15, -0.1) is 0 Å². The molecule has 1 saturated heterocycles. The number of ether oxygens (including phenoxy) is 1. The third-order valence-electron chi connectivity index (χ3n) is 4.53. The average Bonchev–Trinajstić information content (AvgIpc) is 2.77. The van der Waals surface area contributed by atoms with E-state index in [1.54, 1.807) is 4.90 Å². The number of nitrogens with one attached hydrogen (secondary N) is 2. The van der Waals surface area contributed by atoms with Crippen LogP contribution < -0.4 is 10.6 Å². The summed E-state index contributed by atoms with van der Waals surface area (Å²) >= 11 is 1.82. The van der Waals surface area contributed by atoms with Crippen LogP contribution in [0.1, 0.15) is 24.8 Å². The lowest BCUT2D eigenvalue weighted by Gasteiger charge is -2.30. The number of thioether (sulfide) groups is 1. The molecule has 0 unspecified atom stereocenters. The summed E-state index contributed by atoms with van der Waals surface area (Å²) < 4.78 is 5.28. The van der Waals surface area contributed by atoms with Crippen LogP contribution in [0.15, 0.2) is 43.0 Å². The average molecular weight is 420 g/mol. The normalized spacial score (nSPS) is 14.6. The Hall–Kier alpha value is -2.48. The number of unbranched alkanes of at least 4 members (excludes halogenated alkanes) is 1.